The molecular weight excluding hydrogens is 204 g/mol. The van der Waals surface area contributed by atoms with E-state index in [2.05, 4.69) is 10.2 Å². The summed E-state index contributed by atoms with van der Waals surface area (Å²) in [5.41, 5.74) is 0. The maximum Gasteiger partial charge on any atom is 0.224 e. The molecule has 3 fully saturated rings. The van der Waals surface area contributed by atoms with Crippen LogP contribution in [-0.4, -0.2) is 49.2 Å². The van der Waals surface area contributed by atoms with Crippen molar-refractivity contribution in [1.82, 2.24) is 10.2 Å². The normalized spacial score (nSPS) is 45.4. The summed E-state index contributed by atoms with van der Waals surface area (Å²) in [6.45, 7) is 2.20. The topological polar surface area (TPSA) is 41.3 Å². The number of nitrogens with one attached hydrogen (secondary N) is 1. The molecule has 0 bridgehead atoms. The second-order valence-electron chi connectivity index (χ2n) is 5.42. The van der Waals surface area contributed by atoms with Crippen LogP contribution in [0.5, 0.6) is 0 Å². The van der Waals surface area contributed by atoms with Crippen molar-refractivity contribution in [2.45, 2.75) is 43.9 Å². The van der Waals surface area contributed by atoms with Gasteiger partial charge in [0.15, 0.2) is 0 Å². The fourth-order valence-electron chi connectivity index (χ4n) is 3.15. The van der Waals surface area contributed by atoms with Gasteiger partial charge in [-0.05, 0) is 25.7 Å². The molecule has 1 saturated carbocycles. The van der Waals surface area contributed by atoms with E-state index in [1.54, 1.807) is 7.11 Å². The van der Waals surface area contributed by atoms with E-state index in [1.165, 1.54) is 6.54 Å². The summed E-state index contributed by atoms with van der Waals surface area (Å²) in [7, 11) is 1.76. The van der Waals surface area contributed by atoms with Gasteiger partial charge in [0.2, 0.25) is 5.91 Å². The summed E-state index contributed by atoms with van der Waals surface area (Å²) < 4.78 is 5.31. The molecule has 3 aliphatic rings. The van der Waals surface area contributed by atoms with Crippen LogP contribution in [0.4, 0.5) is 0 Å². The maximum absolute atomic E-state index is 12.0. The van der Waals surface area contributed by atoms with E-state index in [0.717, 1.165) is 38.3 Å². The monoisotopic (exact) mass is 224 g/mol. The van der Waals surface area contributed by atoms with E-state index < -0.39 is 0 Å². The van der Waals surface area contributed by atoms with E-state index in [-0.39, 0.29) is 11.8 Å². The highest BCUT2D eigenvalue weighted by molar-refractivity contribution is 5.79. The molecule has 3 unspecified atom stereocenters. The quantitative estimate of drug-likeness (QED) is 0.704. The van der Waals surface area contributed by atoms with Gasteiger partial charge in [0.05, 0.1) is 12.0 Å². The Hall–Kier alpha value is -0.610. The number of amides is 1. The first-order valence-electron chi connectivity index (χ1n) is 6.33. The van der Waals surface area contributed by atoms with Crippen molar-refractivity contribution in [3.8, 4) is 0 Å². The van der Waals surface area contributed by atoms with Crippen molar-refractivity contribution in [2.24, 2.45) is 5.92 Å². The van der Waals surface area contributed by atoms with E-state index in [9.17, 15) is 4.79 Å². The van der Waals surface area contributed by atoms with Crippen LogP contribution < -0.4 is 5.32 Å². The summed E-state index contributed by atoms with van der Waals surface area (Å²) in [6.07, 6.45) is 4.57. The molecular formula is C12H20N2O2. The van der Waals surface area contributed by atoms with Gasteiger partial charge in [-0.15, -0.1) is 0 Å². The number of nitrogens with zero attached hydrogens (tertiary/aromatic N) is 1. The van der Waals surface area contributed by atoms with Crippen LogP contribution in [0.25, 0.3) is 0 Å². The summed E-state index contributed by atoms with van der Waals surface area (Å²) in [6, 6.07) is 1.08. The fraction of sp³-hybridized carbons (Fsp3) is 0.917. The molecule has 1 N–H and O–H groups in total. The van der Waals surface area contributed by atoms with Crippen molar-refractivity contribution in [3.63, 3.8) is 0 Å². The number of methoxy groups -OCH3 is 1. The van der Waals surface area contributed by atoms with Crippen molar-refractivity contribution < 1.29 is 9.53 Å². The lowest BCUT2D eigenvalue weighted by Crippen LogP contribution is -2.39. The standard InChI is InChI=1S/C12H20N2O2/c1-16-11-3-2-9(5-11)13-12(15)8-4-10-7-14(10)6-8/h8-11H,2-7H2,1H3,(H,13,15)/t8?,9-,10?,11-,14?/m1/s1. The maximum atomic E-state index is 12.0. The smallest absolute Gasteiger partial charge is 0.224 e. The van der Waals surface area contributed by atoms with Crippen LogP contribution in [0.15, 0.2) is 0 Å². The highest BCUT2D eigenvalue weighted by Crippen LogP contribution is 2.34. The van der Waals surface area contributed by atoms with Gasteiger partial charge < -0.3 is 10.1 Å². The van der Waals surface area contributed by atoms with Gasteiger partial charge in [-0.3, -0.25) is 9.69 Å². The Morgan fingerprint density at radius 1 is 1.31 bits per heavy atom. The lowest BCUT2D eigenvalue weighted by Gasteiger charge is -2.17. The van der Waals surface area contributed by atoms with Crippen LogP contribution in [-0.2, 0) is 9.53 Å². The lowest BCUT2D eigenvalue weighted by molar-refractivity contribution is -0.125. The van der Waals surface area contributed by atoms with E-state index in [4.69, 9.17) is 4.74 Å². The molecule has 1 aliphatic carbocycles. The molecule has 0 spiro atoms. The highest BCUT2D eigenvalue weighted by atomic mass is 16.5. The Kier molecular flexibility index (Phi) is 2.64. The molecule has 0 aromatic heterocycles. The zero-order chi connectivity index (χ0) is 11.1. The van der Waals surface area contributed by atoms with Crippen molar-refractivity contribution in [2.75, 3.05) is 20.2 Å². The number of hydrogen-bond donors (Lipinski definition) is 1. The summed E-state index contributed by atoms with van der Waals surface area (Å²) in [5.74, 6) is 0.522. The molecule has 2 saturated heterocycles. The number of rotatable bonds is 3. The predicted octanol–water partition coefficient (Wildman–Crippen LogP) is 0.374. The molecule has 90 valence electrons. The van der Waals surface area contributed by atoms with Crippen LogP contribution in [0, 0.1) is 5.92 Å². The third-order valence-electron chi connectivity index (χ3n) is 4.27. The first kappa shape index (κ1) is 10.5. The second-order valence-corrected chi connectivity index (χ2v) is 5.42. The number of hydrogen-bond acceptors (Lipinski definition) is 3. The molecule has 5 atom stereocenters. The summed E-state index contributed by atoms with van der Waals surface area (Å²) in [5, 5.41) is 3.18. The number of carbonyl (C=O) groups is 1. The van der Waals surface area contributed by atoms with E-state index in [1.807, 2.05) is 0 Å². The van der Waals surface area contributed by atoms with Crippen molar-refractivity contribution >= 4 is 5.91 Å². The van der Waals surface area contributed by atoms with E-state index in [0.29, 0.717) is 12.1 Å². The number of ether oxygens (including phenoxy) is 1. The third-order valence-corrected chi connectivity index (χ3v) is 4.27. The average molecular weight is 224 g/mol. The Bertz CT molecular complexity index is 285. The molecule has 4 nitrogen and oxygen atoms in total. The molecule has 0 aromatic carbocycles. The molecule has 0 radical (unpaired) electrons. The third kappa shape index (κ3) is 1.96. The highest BCUT2D eigenvalue weighted by Gasteiger charge is 2.46. The van der Waals surface area contributed by atoms with E-state index >= 15 is 0 Å². The molecule has 16 heavy (non-hydrogen) atoms. The van der Waals surface area contributed by atoms with Crippen molar-refractivity contribution in [1.29, 1.82) is 0 Å². The Morgan fingerprint density at radius 3 is 2.81 bits per heavy atom. The molecule has 1 amide bonds. The molecule has 3 rings (SSSR count). The molecule has 4 heteroatoms. The number of fused-ring (bicyclic) bond motifs is 1. The Labute approximate surface area is 96.3 Å². The fourth-order valence-corrected chi connectivity index (χ4v) is 3.15. The SMILES string of the molecule is CO[C@@H]1CC[C@@H](NC(=O)C2CC3CN3C2)C1. The minimum atomic E-state index is 0.250. The molecule has 2 heterocycles. The molecule has 2 aliphatic heterocycles. The van der Waals surface area contributed by atoms with Gasteiger partial charge in [0.25, 0.3) is 0 Å². The molecule has 0 aromatic rings. The summed E-state index contributed by atoms with van der Waals surface area (Å²) in [4.78, 5) is 14.4. The average Bonchev–Trinajstić information content (AvgIpc) is 2.74. The van der Waals surface area contributed by atoms with Crippen LogP contribution >= 0.6 is 0 Å². The minimum absolute atomic E-state index is 0.250. The van der Waals surface area contributed by atoms with Crippen LogP contribution in [0.3, 0.4) is 0 Å². The lowest BCUT2D eigenvalue weighted by atomic mass is 10.0. The second kappa shape index (κ2) is 4.00. The Morgan fingerprint density at radius 2 is 2.19 bits per heavy atom. The van der Waals surface area contributed by atoms with Gasteiger partial charge in [-0.25, -0.2) is 0 Å². The zero-order valence-electron chi connectivity index (χ0n) is 9.82. The zero-order valence-corrected chi connectivity index (χ0v) is 9.82. The first-order valence-corrected chi connectivity index (χ1v) is 6.33. The summed E-state index contributed by atoms with van der Waals surface area (Å²) >= 11 is 0. The van der Waals surface area contributed by atoms with Gasteiger partial charge in [-0.1, -0.05) is 0 Å². The van der Waals surface area contributed by atoms with Crippen LogP contribution in [0.2, 0.25) is 0 Å². The number of carbonyl (C=O) groups excluding carboxylic acids is 1. The van der Waals surface area contributed by atoms with Crippen molar-refractivity contribution in [3.05, 3.63) is 0 Å². The Balaban J connectivity index is 1.46. The van der Waals surface area contributed by atoms with Gasteiger partial charge >= 0.3 is 0 Å². The minimum Gasteiger partial charge on any atom is -0.381 e. The first-order chi connectivity index (χ1) is 7.76. The number of piperidine rings is 1. The van der Waals surface area contributed by atoms with Crippen LogP contribution in [0.1, 0.15) is 25.7 Å². The van der Waals surface area contributed by atoms with Gasteiger partial charge in [0, 0.05) is 32.3 Å². The predicted molar refractivity (Wildman–Crippen MR) is 60.0 cm³/mol. The largest absolute Gasteiger partial charge is 0.381 e. The van der Waals surface area contributed by atoms with Gasteiger partial charge in [0.1, 0.15) is 0 Å². The van der Waals surface area contributed by atoms with Gasteiger partial charge in [-0.2, -0.15) is 0 Å².